The summed E-state index contributed by atoms with van der Waals surface area (Å²) in [5.74, 6) is 0.368. The van der Waals surface area contributed by atoms with Gasteiger partial charge >= 0.3 is 0 Å². The standard InChI is InChI=1S/C20H26N2O4/c1-3-5-10-22-19(23)17(15-6-8-16(9-7-15)26-4-2)18(20(22)24)21-11-13-25-14-12-21/h6-9H,3-5,10-14H2,1-2H3. The summed E-state index contributed by atoms with van der Waals surface area (Å²) in [5, 5.41) is 0. The molecule has 1 fully saturated rings. The van der Waals surface area contributed by atoms with Crippen LogP contribution in [0, 0.1) is 0 Å². The number of imide groups is 1. The fraction of sp³-hybridized carbons (Fsp3) is 0.500. The van der Waals surface area contributed by atoms with Gasteiger partial charge in [-0.1, -0.05) is 25.5 Å². The van der Waals surface area contributed by atoms with E-state index in [-0.39, 0.29) is 11.8 Å². The normalized spacial score (nSPS) is 18.1. The van der Waals surface area contributed by atoms with Crippen molar-refractivity contribution in [2.75, 3.05) is 39.5 Å². The molecule has 0 radical (unpaired) electrons. The molecule has 6 nitrogen and oxygen atoms in total. The summed E-state index contributed by atoms with van der Waals surface area (Å²) >= 11 is 0. The highest BCUT2D eigenvalue weighted by molar-refractivity contribution is 6.35. The minimum atomic E-state index is -0.200. The molecule has 0 N–H and O–H groups in total. The van der Waals surface area contributed by atoms with Crippen LogP contribution in [-0.4, -0.2) is 61.1 Å². The zero-order valence-corrected chi connectivity index (χ0v) is 15.5. The van der Waals surface area contributed by atoms with E-state index >= 15 is 0 Å². The van der Waals surface area contributed by atoms with Gasteiger partial charge in [0.2, 0.25) is 0 Å². The first-order chi connectivity index (χ1) is 12.7. The van der Waals surface area contributed by atoms with E-state index in [1.165, 1.54) is 4.90 Å². The Labute approximate surface area is 154 Å². The highest BCUT2D eigenvalue weighted by atomic mass is 16.5. The Morgan fingerprint density at radius 3 is 2.35 bits per heavy atom. The van der Waals surface area contributed by atoms with Gasteiger partial charge in [-0.2, -0.15) is 0 Å². The fourth-order valence-electron chi connectivity index (χ4n) is 3.31. The molecule has 0 aromatic heterocycles. The zero-order chi connectivity index (χ0) is 18.5. The fourth-order valence-corrected chi connectivity index (χ4v) is 3.31. The van der Waals surface area contributed by atoms with Crippen molar-refractivity contribution in [3.63, 3.8) is 0 Å². The summed E-state index contributed by atoms with van der Waals surface area (Å²) in [4.78, 5) is 29.4. The van der Waals surface area contributed by atoms with Gasteiger partial charge in [0.25, 0.3) is 11.8 Å². The molecule has 3 rings (SSSR count). The SMILES string of the molecule is CCCCN1C(=O)C(c2ccc(OCC)cc2)=C(N2CCOCC2)C1=O. The second-order valence-corrected chi connectivity index (χ2v) is 6.40. The van der Waals surface area contributed by atoms with Crippen LogP contribution in [0.5, 0.6) is 5.75 Å². The third kappa shape index (κ3) is 3.60. The van der Waals surface area contributed by atoms with Crippen molar-refractivity contribution >= 4 is 17.4 Å². The number of hydrogen-bond acceptors (Lipinski definition) is 5. The number of carbonyl (C=O) groups excluding carboxylic acids is 2. The van der Waals surface area contributed by atoms with Crippen LogP contribution in [0.4, 0.5) is 0 Å². The Hall–Kier alpha value is -2.34. The first kappa shape index (κ1) is 18.5. The number of morpholine rings is 1. The van der Waals surface area contributed by atoms with Gasteiger partial charge in [-0.25, -0.2) is 0 Å². The van der Waals surface area contributed by atoms with Crippen molar-refractivity contribution in [3.8, 4) is 5.75 Å². The van der Waals surface area contributed by atoms with E-state index in [1.54, 1.807) is 0 Å². The smallest absolute Gasteiger partial charge is 0.277 e. The number of hydrogen-bond donors (Lipinski definition) is 0. The number of amides is 2. The molecule has 0 unspecified atom stereocenters. The molecule has 140 valence electrons. The van der Waals surface area contributed by atoms with E-state index in [4.69, 9.17) is 9.47 Å². The molecular weight excluding hydrogens is 332 g/mol. The predicted molar refractivity (Wildman–Crippen MR) is 98.6 cm³/mol. The molecule has 1 saturated heterocycles. The van der Waals surface area contributed by atoms with Gasteiger partial charge in [0, 0.05) is 19.6 Å². The zero-order valence-electron chi connectivity index (χ0n) is 15.5. The molecule has 0 aliphatic carbocycles. The molecular formula is C20H26N2O4. The highest BCUT2D eigenvalue weighted by Crippen LogP contribution is 2.33. The minimum absolute atomic E-state index is 0.186. The first-order valence-corrected chi connectivity index (χ1v) is 9.33. The Kier molecular flexibility index (Phi) is 5.93. The lowest BCUT2D eigenvalue weighted by Crippen LogP contribution is -2.40. The van der Waals surface area contributed by atoms with Gasteiger partial charge < -0.3 is 14.4 Å². The van der Waals surface area contributed by atoms with Crippen LogP contribution in [0.1, 0.15) is 32.3 Å². The van der Waals surface area contributed by atoms with Crippen molar-refractivity contribution in [2.24, 2.45) is 0 Å². The predicted octanol–water partition coefficient (Wildman–Crippen LogP) is 2.30. The number of rotatable bonds is 7. The number of nitrogens with zero attached hydrogens (tertiary/aromatic N) is 2. The maximum absolute atomic E-state index is 13.0. The lowest BCUT2D eigenvalue weighted by Gasteiger charge is -2.29. The molecule has 6 heteroatoms. The Balaban J connectivity index is 1.97. The second-order valence-electron chi connectivity index (χ2n) is 6.40. The first-order valence-electron chi connectivity index (χ1n) is 9.33. The van der Waals surface area contributed by atoms with Gasteiger partial charge in [-0.15, -0.1) is 0 Å². The lowest BCUT2D eigenvalue weighted by molar-refractivity contribution is -0.137. The van der Waals surface area contributed by atoms with Crippen molar-refractivity contribution in [1.82, 2.24) is 9.80 Å². The van der Waals surface area contributed by atoms with Crippen LogP contribution in [0.15, 0.2) is 30.0 Å². The summed E-state index contributed by atoms with van der Waals surface area (Å²) in [6.45, 7) is 7.40. The van der Waals surface area contributed by atoms with Crippen LogP contribution in [-0.2, 0) is 14.3 Å². The van der Waals surface area contributed by atoms with Crippen LogP contribution in [0.2, 0.25) is 0 Å². The van der Waals surface area contributed by atoms with Crippen molar-refractivity contribution in [2.45, 2.75) is 26.7 Å². The average molecular weight is 358 g/mol. The van der Waals surface area contributed by atoms with E-state index in [2.05, 4.69) is 6.92 Å². The maximum atomic E-state index is 13.0. The lowest BCUT2D eigenvalue weighted by atomic mass is 10.0. The van der Waals surface area contributed by atoms with E-state index in [9.17, 15) is 9.59 Å². The van der Waals surface area contributed by atoms with Gasteiger partial charge in [-0.05, 0) is 31.0 Å². The molecule has 2 aliphatic heterocycles. The molecule has 0 saturated carbocycles. The van der Waals surface area contributed by atoms with Crippen molar-refractivity contribution < 1.29 is 19.1 Å². The summed E-state index contributed by atoms with van der Waals surface area (Å²) in [6, 6.07) is 7.40. The summed E-state index contributed by atoms with van der Waals surface area (Å²) < 4.78 is 10.9. The Morgan fingerprint density at radius 2 is 1.73 bits per heavy atom. The molecule has 0 spiro atoms. The van der Waals surface area contributed by atoms with E-state index < -0.39 is 0 Å². The molecule has 2 aliphatic rings. The quantitative estimate of drug-likeness (QED) is 0.700. The highest BCUT2D eigenvalue weighted by Gasteiger charge is 2.41. The monoisotopic (exact) mass is 358 g/mol. The minimum Gasteiger partial charge on any atom is -0.494 e. The Morgan fingerprint density at radius 1 is 1.04 bits per heavy atom. The molecule has 2 heterocycles. The van der Waals surface area contributed by atoms with Gasteiger partial charge in [0.15, 0.2) is 0 Å². The topological polar surface area (TPSA) is 59.1 Å². The molecule has 0 atom stereocenters. The number of benzene rings is 1. The molecule has 1 aromatic carbocycles. The van der Waals surface area contributed by atoms with Crippen molar-refractivity contribution in [1.29, 1.82) is 0 Å². The van der Waals surface area contributed by atoms with Gasteiger partial charge in [-0.3, -0.25) is 14.5 Å². The average Bonchev–Trinajstić information content (AvgIpc) is 2.92. The summed E-state index contributed by atoms with van der Waals surface area (Å²) in [5.41, 5.74) is 1.77. The van der Waals surface area contributed by atoms with Crippen LogP contribution in [0.3, 0.4) is 0 Å². The largest absolute Gasteiger partial charge is 0.494 e. The second kappa shape index (κ2) is 8.36. The van der Waals surface area contributed by atoms with Crippen LogP contribution >= 0.6 is 0 Å². The summed E-state index contributed by atoms with van der Waals surface area (Å²) in [7, 11) is 0. The molecule has 2 amide bonds. The number of unbranched alkanes of at least 4 members (excludes halogenated alkanes) is 1. The van der Waals surface area contributed by atoms with Crippen LogP contribution in [0.25, 0.3) is 5.57 Å². The Bertz CT molecular complexity index is 690. The van der Waals surface area contributed by atoms with Gasteiger partial charge in [0.05, 0.1) is 25.4 Å². The number of ether oxygens (including phenoxy) is 2. The number of carbonyl (C=O) groups is 2. The molecule has 26 heavy (non-hydrogen) atoms. The third-order valence-electron chi connectivity index (χ3n) is 4.66. The molecule has 1 aromatic rings. The van der Waals surface area contributed by atoms with E-state index in [0.717, 1.165) is 24.2 Å². The van der Waals surface area contributed by atoms with Crippen LogP contribution < -0.4 is 4.74 Å². The summed E-state index contributed by atoms with van der Waals surface area (Å²) in [6.07, 6.45) is 1.74. The third-order valence-corrected chi connectivity index (χ3v) is 4.66. The molecule has 0 bridgehead atoms. The van der Waals surface area contributed by atoms with Gasteiger partial charge in [0.1, 0.15) is 11.4 Å². The maximum Gasteiger partial charge on any atom is 0.277 e. The van der Waals surface area contributed by atoms with E-state index in [0.29, 0.717) is 50.7 Å². The van der Waals surface area contributed by atoms with Crippen molar-refractivity contribution in [3.05, 3.63) is 35.5 Å². The van der Waals surface area contributed by atoms with E-state index in [1.807, 2.05) is 36.1 Å².